The third-order valence-corrected chi connectivity index (χ3v) is 3.15. The van der Waals surface area contributed by atoms with Gasteiger partial charge in [-0.05, 0) is 19.4 Å². The summed E-state index contributed by atoms with van der Waals surface area (Å²) < 4.78 is 0. The van der Waals surface area contributed by atoms with Crippen LogP contribution in [-0.4, -0.2) is 11.5 Å². The van der Waals surface area contributed by atoms with Gasteiger partial charge in [0.1, 0.15) is 0 Å². The van der Waals surface area contributed by atoms with Gasteiger partial charge < -0.3 is 5.32 Å². The molecule has 15 heavy (non-hydrogen) atoms. The maximum atomic E-state index is 6.08. The molecule has 2 nitrogen and oxygen atoms in total. The molecule has 1 aromatic rings. The van der Waals surface area contributed by atoms with Crippen LogP contribution in [0.15, 0.2) is 12.4 Å². The van der Waals surface area contributed by atoms with Crippen molar-refractivity contribution >= 4 is 35.6 Å². The number of halogens is 3. The molecule has 0 unspecified atom stereocenters. The van der Waals surface area contributed by atoms with Gasteiger partial charge in [0, 0.05) is 24.0 Å². The summed E-state index contributed by atoms with van der Waals surface area (Å²) >= 11 is 12.2. The van der Waals surface area contributed by atoms with Crippen LogP contribution in [0.4, 0.5) is 0 Å². The number of pyridine rings is 1. The number of hydrogen-bond donors (Lipinski definition) is 1. The zero-order valence-electron chi connectivity index (χ0n) is 8.17. The van der Waals surface area contributed by atoms with Gasteiger partial charge in [-0.15, -0.1) is 12.4 Å². The van der Waals surface area contributed by atoms with Crippen molar-refractivity contribution < 1.29 is 0 Å². The molecule has 1 saturated heterocycles. The second-order valence-electron chi connectivity index (χ2n) is 3.52. The van der Waals surface area contributed by atoms with Gasteiger partial charge in [0.2, 0.25) is 0 Å². The summed E-state index contributed by atoms with van der Waals surface area (Å²) in [5, 5.41) is 4.75. The number of nitrogens with one attached hydrogen (secondary N) is 1. The SMILES string of the molecule is Cl.Clc1cncc(Cl)c1[C@@H]1CCCCN1. The summed E-state index contributed by atoms with van der Waals surface area (Å²) in [6.07, 6.45) is 6.87. The lowest BCUT2D eigenvalue weighted by Crippen LogP contribution is -2.27. The lowest BCUT2D eigenvalue weighted by molar-refractivity contribution is 0.412. The van der Waals surface area contributed by atoms with Gasteiger partial charge in [0.15, 0.2) is 0 Å². The summed E-state index contributed by atoms with van der Waals surface area (Å²) in [7, 11) is 0. The summed E-state index contributed by atoms with van der Waals surface area (Å²) in [6.45, 7) is 1.04. The molecule has 84 valence electrons. The minimum Gasteiger partial charge on any atom is -0.310 e. The Balaban J connectivity index is 0.00000112. The highest BCUT2D eigenvalue weighted by Gasteiger charge is 2.19. The van der Waals surface area contributed by atoms with E-state index < -0.39 is 0 Å². The number of nitrogens with zero attached hydrogens (tertiary/aromatic N) is 1. The van der Waals surface area contributed by atoms with Crippen molar-refractivity contribution in [2.45, 2.75) is 25.3 Å². The van der Waals surface area contributed by atoms with E-state index in [0.29, 0.717) is 16.1 Å². The molecule has 1 N–H and O–H groups in total. The van der Waals surface area contributed by atoms with E-state index >= 15 is 0 Å². The van der Waals surface area contributed by atoms with Crippen LogP contribution in [-0.2, 0) is 0 Å². The Kier molecular flexibility index (Phi) is 5.13. The van der Waals surface area contributed by atoms with Gasteiger partial charge in [0.05, 0.1) is 10.0 Å². The second kappa shape index (κ2) is 5.90. The quantitative estimate of drug-likeness (QED) is 0.840. The van der Waals surface area contributed by atoms with E-state index in [-0.39, 0.29) is 12.4 Å². The lowest BCUT2D eigenvalue weighted by Gasteiger charge is -2.25. The molecule has 0 aromatic carbocycles. The number of hydrogen-bond acceptors (Lipinski definition) is 2. The molecule has 1 aliphatic heterocycles. The van der Waals surface area contributed by atoms with Crippen molar-refractivity contribution in [3.63, 3.8) is 0 Å². The van der Waals surface area contributed by atoms with Crippen molar-refractivity contribution in [3.8, 4) is 0 Å². The Morgan fingerprint density at radius 2 is 1.87 bits per heavy atom. The average molecular weight is 268 g/mol. The van der Waals surface area contributed by atoms with Gasteiger partial charge in [-0.3, -0.25) is 4.98 Å². The van der Waals surface area contributed by atoms with Crippen LogP contribution >= 0.6 is 35.6 Å². The van der Waals surface area contributed by atoms with E-state index in [0.717, 1.165) is 18.5 Å². The third kappa shape index (κ3) is 2.97. The average Bonchev–Trinajstić information content (AvgIpc) is 2.19. The van der Waals surface area contributed by atoms with E-state index in [1.54, 1.807) is 12.4 Å². The van der Waals surface area contributed by atoms with Crippen molar-refractivity contribution in [1.29, 1.82) is 0 Å². The Morgan fingerprint density at radius 3 is 2.40 bits per heavy atom. The summed E-state index contributed by atoms with van der Waals surface area (Å²) in [4.78, 5) is 3.95. The number of piperidine rings is 1. The molecule has 0 amide bonds. The van der Waals surface area contributed by atoms with Crippen LogP contribution in [0.1, 0.15) is 30.9 Å². The third-order valence-electron chi connectivity index (χ3n) is 2.55. The van der Waals surface area contributed by atoms with Crippen molar-refractivity contribution in [2.24, 2.45) is 0 Å². The Labute approximate surface area is 106 Å². The fourth-order valence-corrected chi connectivity index (χ4v) is 2.48. The lowest BCUT2D eigenvalue weighted by atomic mass is 9.98. The zero-order chi connectivity index (χ0) is 9.97. The van der Waals surface area contributed by atoms with E-state index in [4.69, 9.17) is 23.2 Å². The fraction of sp³-hybridized carbons (Fsp3) is 0.500. The number of aromatic nitrogens is 1. The maximum Gasteiger partial charge on any atom is 0.0652 e. The van der Waals surface area contributed by atoms with Crippen LogP contribution in [0, 0.1) is 0 Å². The van der Waals surface area contributed by atoms with Gasteiger partial charge in [-0.25, -0.2) is 0 Å². The Hall–Kier alpha value is -0.0200. The van der Waals surface area contributed by atoms with Gasteiger partial charge in [0.25, 0.3) is 0 Å². The molecule has 1 aromatic heterocycles. The molecule has 0 bridgehead atoms. The highest BCUT2D eigenvalue weighted by molar-refractivity contribution is 6.35. The molecule has 2 heterocycles. The minimum absolute atomic E-state index is 0. The first kappa shape index (κ1) is 13.0. The zero-order valence-corrected chi connectivity index (χ0v) is 10.5. The molecule has 0 aliphatic carbocycles. The topological polar surface area (TPSA) is 24.9 Å². The van der Waals surface area contributed by atoms with Crippen molar-refractivity contribution in [1.82, 2.24) is 10.3 Å². The summed E-state index contributed by atoms with van der Waals surface area (Å²) in [5.74, 6) is 0. The van der Waals surface area contributed by atoms with Crippen LogP contribution in [0.2, 0.25) is 10.0 Å². The van der Waals surface area contributed by atoms with Gasteiger partial charge in [-0.2, -0.15) is 0 Å². The van der Waals surface area contributed by atoms with Crippen LogP contribution in [0.5, 0.6) is 0 Å². The highest BCUT2D eigenvalue weighted by atomic mass is 35.5. The minimum atomic E-state index is 0. The largest absolute Gasteiger partial charge is 0.310 e. The summed E-state index contributed by atoms with van der Waals surface area (Å²) in [6, 6.07) is 0.298. The molecule has 0 saturated carbocycles. The monoisotopic (exact) mass is 266 g/mol. The second-order valence-corrected chi connectivity index (χ2v) is 4.33. The van der Waals surface area contributed by atoms with Crippen molar-refractivity contribution in [2.75, 3.05) is 6.54 Å². The molecular formula is C10H13Cl3N2. The van der Waals surface area contributed by atoms with E-state index in [2.05, 4.69) is 10.3 Å². The van der Waals surface area contributed by atoms with Gasteiger partial charge >= 0.3 is 0 Å². The van der Waals surface area contributed by atoms with E-state index in [1.165, 1.54) is 12.8 Å². The summed E-state index contributed by atoms with van der Waals surface area (Å²) in [5.41, 5.74) is 1.00. The molecule has 1 aliphatic rings. The fourth-order valence-electron chi connectivity index (χ4n) is 1.85. The smallest absolute Gasteiger partial charge is 0.0652 e. The molecule has 0 spiro atoms. The first-order valence-corrected chi connectivity index (χ1v) is 5.57. The van der Waals surface area contributed by atoms with Crippen LogP contribution in [0.25, 0.3) is 0 Å². The van der Waals surface area contributed by atoms with E-state index in [9.17, 15) is 0 Å². The van der Waals surface area contributed by atoms with Crippen LogP contribution < -0.4 is 5.32 Å². The van der Waals surface area contributed by atoms with E-state index in [1.807, 2.05) is 0 Å². The van der Waals surface area contributed by atoms with Crippen LogP contribution in [0.3, 0.4) is 0 Å². The Bertz CT molecular complexity index is 304. The highest BCUT2D eigenvalue weighted by Crippen LogP contribution is 2.33. The predicted octanol–water partition coefficient (Wildman–Crippen LogP) is 3.62. The Morgan fingerprint density at radius 1 is 1.20 bits per heavy atom. The molecule has 0 radical (unpaired) electrons. The predicted molar refractivity (Wildman–Crippen MR) is 66.1 cm³/mol. The maximum absolute atomic E-state index is 6.08. The normalized spacial score (nSPS) is 20.8. The number of rotatable bonds is 1. The molecule has 1 atom stereocenters. The van der Waals surface area contributed by atoms with Gasteiger partial charge in [-0.1, -0.05) is 29.6 Å². The first-order valence-electron chi connectivity index (χ1n) is 4.81. The first-order chi connectivity index (χ1) is 6.79. The molecule has 2 rings (SSSR count). The molecule has 5 heteroatoms. The van der Waals surface area contributed by atoms with Crippen molar-refractivity contribution in [3.05, 3.63) is 28.0 Å². The standard InChI is InChI=1S/C10H12Cl2N2.ClH/c11-7-5-13-6-8(12)10(7)9-3-1-2-4-14-9;/h5-6,9,14H,1-4H2;1H/t9-;/m0./s1. The molecule has 1 fully saturated rings. The molecular weight excluding hydrogens is 254 g/mol.